The van der Waals surface area contributed by atoms with Crippen molar-refractivity contribution in [1.29, 1.82) is 0 Å². The van der Waals surface area contributed by atoms with Gasteiger partial charge in [0.25, 0.3) is 0 Å². The largest absolute Gasteiger partial charge is 0.197 e. The second-order valence-electron chi connectivity index (χ2n) is 3.58. The highest BCUT2D eigenvalue weighted by Crippen LogP contribution is 2.29. The monoisotopic (exact) mass is 191 g/mol. The van der Waals surface area contributed by atoms with E-state index < -0.39 is 0 Å². The van der Waals surface area contributed by atoms with Crippen LogP contribution in [0.5, 0.6) is 0 Å². The minimum Gasteiger partial charge on any atom is -0.197 e. The molecule has 1 nitrogen and oxygen atoms in total. The summed E-state index contributed by atoms with van der Waals surface area (Å²) in [7, 11) is 0. The molecular weight excluding hydrogens is 178 g/mol. The molecule has 1 heterocycles. The summed E-state index contributed by atoms with van der Waals surface area (Å²) in [5.41, 5.74) is 5.33. The first kappa shape index (κ1) is 8.70. The van der Waals surface area contributed by atoms with Crippen LogP contribution in [0.1, 0.15) is 22.4 Å². The maximum absolute atomic E-state index is 4.38. The Hall–Kier alpha value is -0.890. The zero-order valence-corrected chi connectivity index (χ0v) is 9.25. The SMILES string of the molecule is Cc1cc2snc(C)c2c(C)c1C. The van der Waals surface area contributed by atoms with Crippen LogP contribution in [0.4, 0.5) is 0 Å². The molecule has 0 saturated carbocycles. The summed E-state index contributed by atoms with van der Waals surface area (Å²) in [4.78, 5) is 0. The number of fused-ring (bicyclic) bond motifs is 1. The van der Waals surface area contributed by atoms with E-state index in [0.29, 0.717) is 0 Å². The van der Waals surface area contributed by atoms with Crippen LogP contribution in [0.25, 0.3) is 10.1 Å². The molecule has 1 aromatic carbocycles. The van der Waals surface area contributed by atoms with Gasteiger partial charge in [-0.15, -0.1) is 0 Å². The van der Waals surface area contributed by atoms with E-state index >= 15 is 0 Å². The van der Waals surface area contributed by atoms with Crippen molar-refractivity contribution in [2.75, 3.05) is 0 Å². The van der Waals surface area contributed by atoms with Crippen LogP contribution in [0.15, 0.2) is 6.07 Å². The van der Waals surface area contributed by atoms with Crippen molar-refractivity contribution in [1.82, 2.24) is 4.37 Å². The molecule has 0 radical (unpaired) electrons. The lowest BCUT2D eigenvalue weighted by Crippen LogP contribution is -1.87. The Kier molecular flexibility index (Phi) is 1.88. The summed E-state index contributed by atoms with van der Waals surface area (Å²) in [6.45, 7) is 8.62. The summed E-state index contributed by atoms with van der Waals surface area (Å²) < 4.78 is 5.70. The minimum atomic E-state index is 1.17. The van der Waals surface area contributed by atoms with Crippen LogP contribution in [0.3, 0.4) is 0 Å². The molecule has 0 aliphatic rings. The fraction of sp³-hybridized carbons (Fsp3) is 0.364. The molecule has 0 aliphatic carbocycles. The fourth-order valence-corrected chi connectivity index (χ4v) is 2.68. The fourth-order valence-electron chi connectivity index (χ4n) is 1.73. The van der Waals surface area contributed by atoms with Crippen LogP contribution in [0, 0.1) is 27.7 Å². The second-order valence-corrected chi connectivity index (χ2v) is 4.39. The van der Waals surface area contributed by atoms with Gasteiger partial charge < -0.3 is 0 Å². The van der Waals surface area contributed by atoms with Crippen molar-refractivity contribution >= 4 is 21.6 Å². The zero-order chi connectivity index (χ0) is 9.59. The Morgan fingerprint density at radius 2 is 1.77 bits per heavy atom. The number of aromatic nitrogens is 1. The van der Waals surface area contributed by atoms with E-state index in [1.807, 2.05) is 0 Å². The first-order chi connectivity index (χ1) is 6.11. The summed E-state index contributed by atoms with van der Waals surface area (Å²) in [5.74, 6) is 0. The Morgan fingerprint density at radius 1 is 1.08 bits per heavy atom. The molecule has 0 saturated heterocycles. The van der Waals surface area contributed by atoms with Gasteiger partial charge >= 0.3 is 0 Å². The van der Waals surface area contributed by atoms with E-state index in [2.05, 4.69) is 38.1 Å². The van der Waals surface area contributed by atoms with Crippen LogP contribution >= 0.6 is 11.5 Å². The van der Waals surface area contributed by atoms with Crippen molar-refractivity contribution in [3.05, 3.63) is 28.5 Å². The van der Waals surface area contributed by atoms with E-state index in [9.17, 15) is 0 Å². The van der Waals surface area contributed by atoms with Crippen molar-refractivity contribution in [2.24, 2.45) is 0 Å². The molecular formula is C11H13NS. The molecule has 1 aromatic heterocycles. The normalized spacial score (nSPS) is 11.1. The standard InChI is InChI=1S/C11H13NS/c1-6-5-10-11(8(3)7(6)2)9(4)12-13-10/h5H,1-4H3. The molecule has 0 spiro atoms. The summed E-state index contributed by atoms with van der Waals surface area (Å²) in [6.07, 6.45) is 0. The predicted octanol–water partition coefficient (Wildman–Crippen LogP) is 3.53. The smallest absolute Gasteiger partial charge is 0.0592 e. The third-order valence-electron chi connectivity index (χ3n) is 2.77. The summed E-state index contributed by atoms with van der Waals surface area (Å²) in [5, 5.41) is 1.35. The molecule has 13 heavy (non-hydrogen) atoms. The highest BCUT2D eigenvalue weighted by atomic mass is 32.1. The molecule has 2 heteroatoms. The van der Waals surface area contributed by atoms with Crippen molar-refractivity contribution < 1.29 is 0 Å². The Bertz CT molecular complexity index is 468. The Morgan fingerprint density at radius 3 is 2.46 bits per heavy atom. The number of benzene rings is 1. The molecule has 0 amide bonds. The average molecular weight is 191 g/mol. The Labute approximate surface area is 82.6 Å². The quantitative estimate of drug-likeness (QED) is 0.620. The van der Waals surface area contributed by atoms with Crippen molar-refractivity contribution in [2.45, 2.75) is 27.7 Å². The molecule has 0 fully saturated rings. The maximum Gasteiger partial charge on any atom is 0.0592 e. The predicted molar refractivity (Wildman–Crippen MR) is 58.6 cm³/mol. The van der Waals surface area contributed by atoms with Gasteiger partial charge in [-0.2, -0.15) is 4.37 Å². The Balaban J connectivity index is 2.97. The lowest BCUT2D eigenvalue weighted by molar-refractivity contribution is 1.28. The van der Waals surface area contributed by atoms with E-state index in [1.54, 1.807) is 11.5 Å². The maximum atomic E-state index is 4.38. The zero-order valence-electron chi connectivity index (χ0n) is 8.43. The second kappa shape index (κ2) is 2.81. The lowest BCUT2D eigenvalue weighted by atomic mass is 10.0. The molecule has 2 rings (SSSR count). The highest BCUT2D eigenvalue weighted by molar-refractivity contribution is 7.13. The van der Waals surface area contributed by atoms with E-state index in [-0.39, 0.29) is 0 Å². The molecule has 0 bridgehead atoms. The van der Waals surface area contributed by atoms with Crippen molar-refractivity contribution in [3.8, 4) is 0 Å². The van der Waals surface area contributed by atoms with Crippen LogP contribution in [-0.2, 0) is 0 Å². The number of rotatable bonds is 0. The number of aryl methyl sites for hydroxylation is 3. The molecule has 2 aromatic rings. The molecule has 0 aliphatic heterocycles. The van der Waals surface area contributed by atoms with Crippen molar-refractivity contribution in [3.63, 3.8) is 0 Å². The van der Waals surface area contributed by atoms with Gasteiger partial charge in [0.05, 0.1) is 10.4 Å². The third-order valence-corrected chi connectivity index (χ3v) is 3.65. The van der Waals surface area contributed by atoms with E-state index in [4.69, 9.17) is 0 Å². The molecule has 0 N–H and O–H groups in total. The van der Waals surface area contributed by atoms with Gasteiger partial charge in [-0.1, -0.05) is 0 Å². The van der Waals surface area contributed by atoms with Gasteiger partial charge in [0, 0.05) is 5.39 Å². The summed E-state index contributed by atoms with van der Waals surface area (Å²) >= 11 is 1.60. The van der Waals surface area contributed by atoms with Gasteiger partial charge in [-0.3, -0.25) is 0 Å². The number of hydrogen-bond donors (Lipinski definition) is 0. The lowest BCUT2D eigenvalue weighted by Gasteiger charge is -2.05. The van der Waals surface area contributed by atoms with Crippen LogP contribution in [0.2, 0.25) is 0 Å². The number of hydrogen-bond acceptors (Lipinski definition) is 2. The molecule has 0 atom stereocenters. The van der Waals surface area contributed by atoms with Gasteiger partial charge in [0.15, 0.2) is 0 Å². The van der Waals surface area contributed by atoms with Gasteiger partial charge in [0.1, 0.15) is 0 Å². The number of nitrogens with zero attached hydrogens (tertiary/aromatic N) is 1. The van der Waals surface area contributed by atoms with Gasteiger partial charge in [0.2, 0.25) is 0 Å². The third kappa shape index (κ3) is 1.17. The van der Waals surface area contributed by atoms with E-state index in [0.717, 1.165) is 0 Å². The molecule has 0 unspecified atom stereocenters. The van der Waals surface area contributed by atoms with Gasteiger partial charge in [-0.25, -0.2) is 0 Å². The van der Waals surface area contributed by atoms with Crippen LogP contribution < -0.4 is 0 Å². The first-order valence-corrected chi connectivity index (χ1v) is 5.21. The van der Waals surface area contributed by atoms with Gasteiger partial charge in [-0.05, 0) is 62.0 Å². The minimum absolute atomic E-state index is 1.17. The average Bonchev–Trinajstić information content (AvgIpc) is 2.43. The topological polar surface area (TPSA) is 12.9 Å². The van der Waals surface area contributed by atoms with Crippen LogP contribution in [-0.4, -0.2) is 4.37 Å². The highest BCUT2D eigenvalue weighted by Gasteiger charge is 2.08. The first-order valence-electron chi connectivity index (χ1n) is 4.44. The van der Waals surface area contributed by atoms with E-state index in [1.165, 1.54) is 32.5 Å². The summed E-state index contributed by atoms with van der Waals surface area (Å²) in [6, 6.07) is 2.24. The molecule has 68 valence electrons.